The minimum Gasteiger partial charge on any atom is -0.320 e. The van der Waals surface area contributed by atoms with Crippen molar-refractivity contribution < 1.29 is 22.3 Å². The maximum atomic E-state index is 11.2. The van der Waals surface area contributed by atoms with Crippen LogP contribution >= 0.6 is 22.6 Å². The zero-order valence-electron chi connectivity index (χ0n) is 9.54. The molecule has 1 heterocycles. The van der Waals surface area contributed by atoms with E-state index < -0.39 is 10.1 Å². The van der Waals surface area contributed by atoms with Gasteiger partial charge in [0.25, 0.3) is 10.1 Å². The van der Waals surface area contributed by atoms with Crippen LogP contribution in [-0.4, -0.2) is 29.1 Å². The Bertz CT molecular complexity index is 518. The van der Waals surface area contributed by atoms with Gasteiger partial charge in [0.15, 0.2) is 12.4 Å². The predicted octanol–water partition coefficient (Wildman–Crippen LogP) is 0.625. The van der Waals surface area contributed by atoms with Gasteiger partial charge in [0.2, 0.25) is 5.91 Å². The number of hydrogen-bond acceptors (Lipinski definition) is 3. The minimum absolute atomic E-state index is 0.0914. The van der Waals surface area contributed by atoms with E-state index in [4.69, 9.17) is 4.55 Å². The van der Waals surface area contributed by atoms with Crippen LogP contribution in [0.3, 0.4) is 0 Å². The van der Waals surface area contributed by atoms with E-state index in [0.717, 1.165) is 0 Å². The fourth-order valence-corrected chi connectivity index (χ4v) is 2.04. The highest BCUT2D eigenvalue weighted by Gasteiger charge is 2.09. The smallest absolute Gasteiger partial charge is 0.265 e. The van der Waals surface area contributed by atoms with Crippen LogP contribution in [0.2, 0.25) is 0 Å². The van der Waals surface area contributed by atoms with Crippen molar-refractivity contribution in [3.63, 3.8) is 0 Å². The van der Waals surface area contributed by atoms with Gasteiger partial charge >= 0.3 is 0 Å². The van der Waals surface area contributed by atoms with Crippen molar-refractivity contribution in [1.29, 1.82) is 0 Å². The molecule has 1 aromatic heterocycles. The Kier molecular flexibility index (Phi) is 5.96. The van der Waals surface area contributed by atoms with Crippen molar-refractivity contribution in [1.82, 2.24) is 0 Å². The van der Waals surface area contributed by atoms with Crippen LogP contribution in [0.1, 0.15) is 6.42 Å². The number of alkyl halides is 1. The number of carbonyl (C=O) groups is 1. The molecule has 0 aliphatic carbocycles. The number of pyridine rings is 1. The predicted molar refractivity (Wildman–Crippen MR) is 75.2 cm³/mol. The fraction of sp³-hybridized carbons (Fsp3) is 0.400. The summed E-state index contributed by atoms with van der Waals surface area (Å²) in [6.45, 7) is 0.452. The molecule has 6 nitrogen and oxygen atoms in total. The first-order valence-electron chi connectivity index (χ1n) is 5.21. The minimum atomic E-state index is -3.91. The van der Waals surface area contributed by atoms with Crippen molar-refractivity contribution in [3.8, 4) is 0 Å². The second-order valence-corrected chi connectivity index (χ2v) is 5.99. The molecule has 0 spiro atoms. The van der Waals surface area contributed by atoms with E-state index in [-0.39, 0.29) is 11.7 Å². The van der Waals surface area contributed by atoms with Crippen molar-refractivity contribution in [2.45, 2.75) is 13.0 Å². The van der Waals surface area contributed by atoms with Crippen LogP contribution in [-0.2, 0) is 21.5 Å². The van der Waals surface area contributed by atoms with Gasteiger partial charge in [0.1, 0.15) is 12.2 Å². The van der Waals surface area contributed by atoms with E-state index in [2.05, 4.69) is 5.32 Å². The highest BCUT2D eigenvalue weighted by atomic mass is 127. The monoisotopic (exact) mass is 385 g/mol. The number of rotatable bonds is 6. The first-order valence-corrected chi connectivity index (χ1v) is 8.34. The molecule has 0 bridgehead atoms. The number of nitrogens with one attached hydrogen (secondary N) is 1. The molecule has 1 amide bonds. The van der Waals surface area contributed by atoms with Gasteiger partial charge in [-0.25, -0.2) is 4.57 Å². The zero-order chi connectivity index (χ0) is 13.6. The van der Waals surface area contributed by atoms with Gasteiger partial charge in [-0.1, -0.05) is 22.6 Å². The molecular weight excluding hydrogens is 371 g/mol. The number of amides is 1. The van der Waals surface area contributed by atoms with Crippen LogP contribution in [0.4, 0.5) is 5.69 Å². The second-order valence-electron chi connectivity index (χ2n) is 3.65. The summed E-state index contributed by atoms with van der Waals surface area (Å²) in [7, 11) is -3.91. The molecule has 0 saturated carbocycles. The van der Waals surface area contributed by atoms with Gasteiger partial charge < -0.3 is 5.32 Å². The SMILES string of the molecule is O=C(CI)Nc1ccc[n+](CCCS(=O)(=O)O)c1. The summed E-state index contributed by atoms with van der Waals surface area (Å²) in [5, 5.41) is 2.70. The molecular formula is C10H14IN2O4S+. The lowest BCUT2D eigenvalue weighted by Gasteiger charge is -2.02. The van der Waals surface area contributed by atoms with Gasteiger partial charge in [-0.3, -0.25) is 9.35 Å². The van der Waals surface area contributed by atoms with E-state index in [1.165, 1.54) is 0 Å². The number of hydrogen-bond donors (Lipinski definition) is 2. The van der Waals surface area contributed by atoms with Crippen LogP contribution in [0.5, 0.6) is 0 Å². The third-order valence-corrected chi connectivity index (χ3v) is 3.58. The number of aryl methyl sites for hydroxylation is 1. The summed E-state index contributed by atoms with van der Waals surface area (Å²) in [4.78, 5) is 11.2. The van der Waals surface area contributed by atoms with Gasteiger partial charge in [0, 0.05) is 12.5 Å². The molecule has 0 radical (unpaired) electrons. The molecule has 0 unspecified atom stereocenters. The molecule has 0 aromatic carbocycles. The van der Waals surface area contributed by atoms with Crippen molar-refractivity contribution in [2.24, 2.45) is 0 Å². The summed E-state index contributed by atoms with van der Waals surface area (Å²) in [6, 6.07) is 3.51. The Labute approximate surface area is 119 Å². The van der Waals surface area contributed by atoms with Crippen LogP contribution in [0.25, 0.3) is 0 Å². The van der Waals surface area contributed by atoms with E-state index in [9.17, 15) is 13.2 Å². The fourth-order valence-electron chi connectivity index (χ4n) is 1.36. The Hall–Kier alpha value is -0.740. The zero-order valence-corrected chi connectivity index (χ0v) is 12.5. The Morgan fingerprint density at radius 1 is 1.50 bits per heavy atom. The van der Waals surface area contributed by atoms with Gasteiger partial charge in [0.05, 0.1) is 10.2 Å². The summed E-state index contributed by atoms with van der Waals surface area (Å²) >= 11 is 1.97. The second kappa shape index (κ2) is 7.00. The molecule has 1 rings (SSSR count). The molecule has 8 heteroatoms. The first-order chi connectivity index (χ1) is 8.40. The third-order valence-electron chi connectivity index (χ3n) is 2.08. The third kappa shape index (κ3) is 6.26. The molecule has 0 fully saturated rings. The highest BCUT2D eigenvalue weighted by Crippen LogP contribution is 2.02. The molecule has 2 N–H and O–H groups in total. The Morgan fingerprint density at radius 2 is 2.22 bits per heavy atom. The van der Waals surface area contributed by atoms with E-state index in [1.807, 2.05) is 22.6 Å². The van der Waals surface area contributed by atoms with E-state index >= 15 is 0 Å². The highest BCUT2D eigenvalue weighted by molar-refractivity contribution is 14.1. The van der Waals surface area contributed by atoms with Crippen LogP contribution in [0, 0.1) is 0 Å². The quantitative estimate of drug-likeness (QED) is 0.326. The lowest BCUT2D eigenvalue weighted by Crippen LogP contribution is -2.34. The standard InChI is InChI=1S/C10H13IN2O4S/c11-7-10(14)12-9-3-1-4-13(8-9)5-2-6-18(15,16)17/h1,3-4,8H,2,5-7H2,(H-,12,14,15,16,17)/p+1. The first kappa shape index (κ1) is 15.3. The Balaban J connectivity index is 2.57. The molecule has 0 saturated heterocycles. The van der Waals surface area contributed by atoms with E-state index in [0.29, 0.717) is 23.1 Å². The molecule has 0 aliphatic heterocycles. The lowest BCUT2D eigenvalue weighted by atomic mass is 10.4. The number of anilines is 1. The molecule has 0 atom stereocenters. The van der Waals surface area contributed by atoms with Crippen molar-refractivity contribution in [2.75, 3.05) is 15.5 Å². The topological polar surface area (TPSA) is 87.4 Å². The summed E-state index contributed by atoms with van der Waals surface area (Å²) in [5.74, 6) is -0.365. The number of carbonyl (C=O) groups excluding carboxylic acids is 1. The summed E-state index contributed by atoms with van der Waals surface area (Å²) < 4.78 is 31.9. The molecule has 1 aromatic rings. The van der Waals surface area contributed by atoms with Gasteiger partial charge in [-0.2, -0.15) is 8.42 Å². The molecule has 18 heavy (non-hydrogen) atoms. The van der Waals surface area contributed by atoms with Crippen LogP contribution in [0.15, 0.2) is 24.5 Å². The normalized spacial score (nSPS) is 11.2. The van der Waals surface area contributed by atoms with Crippen LogP contribution < -0.4 is 9.88 Å². The lowest BCUT2D eigenvalue weighted by molar-refractivity contribution is -0.696. The van der Waals surface area contributed by atoms with Crippen molar-refractivity contribution >= 4 is 44.3 Å². The van der Waals surface area contributed by atoms with E-state index in [1.54, 1.807) is 29.1 Å². The van der Waals surface area contributed by atoms with Crippen molar-refractivity contribution in [3.05, 3.63) is 24.5 Å². The maximum absolute atomic E-state index is 11.2. The number of aromatic nitrogens is 1. The molecule has 0 aliphatic rings. The Morgan fingerprint density at radius 3 is 2.83 bits per heavy atom. The maximum Gasteiger partial charge on any atom is 0.265 e. The number of nitrogens with zero attached hydrogens (tertiary/aromatic N) is 1. The summed E-state index contributed by atoms with van der Waals surface area (Å²) in [5.41, 5.74) is 0.658. The average molecular weight is 385 g/mol. The largest absolute Gasteiger partial charge is 0.320 e. The van der Waals surface area contributed by atoms with Gasteiger partial charge in [-0.05, 0) is 6.07 Å². The van der Waals surface area contributed by atoms with Gasteiger partial charge in [-0.15, -0.1) is 0 Å². The average Bonchev–Trinajstić information content (AvgIpc) is 2.27. The summed E-state index contributed by atoms with van der Waals surface area (Å²) in [6.07, 6.45) is 3.80. The molecule has 100 valence electrons. The number of halogens is 1.